The van der Waals surface area contributed by atoms with Gasteiger partial charge in [-0.25, -0.2) is 0 Å². The molecule has 2 atom stereocenters. The summed E-state index contributed by atoms with van der Waals surface area (Å²) in [6, 6.07) is 8.22. The van der Waals surface area contributed by atoms with E-state index in [-0.39, 0.29) is 5.91 Å². The molecule has 1 aliphatic rings. The topological polar surface area (TPSA) is 38.3 Å². The minimum Gasteiger partial charge on any atom is -0.378 e. The van der Waals surface area contributed by atoms with Crippen LogP contribution in [-0.4, -0.2) is 25.2 Å². The SMILES string of the molecule is CC(C)c1ccccc1CC(=O)NCC[C@@H]1CCO[C@@H]1C. The van der Waals surface area contributed by atoms with Gasteiger partial charge in [-0.1, -0.05) is 38.1 Å². The van der Waals surface area contributed by atoms with E-state index < -0.39 is 0 Å². The van der Waals surface area contributed by atoms with Crippen molar-refractivity contribution in [3.63, 3.8) is 0 Å². The minimum absolute atomic E-state index is 0.120. The van der Waals surface area contributed by atoms with Crippen LogP contribution in [0.25, 0.3) is 0 Å². The van der Waals surface area contributed by atoms with Gasteiger partial charge >= 0.3 is 0 Å². The summed E-state index contributed by atoms with van der Waals surface area (Å²) in [5.41, 5.74) is 2.41. The fraction of sp³-hybridized carbons (Fsp3) is 0.611. The highest BCUT2D eigenvalue weighted by atomic mass is 16.5. The lowest BCUT2D eigenvalue weighted by Gasteiger charge is -2.15. The Morgan fingerprint density at radius 2 is 2.14 bits per heavy atom. The zero-order chi connectivity index (χ0) is 15.2. The molecule has 0 aliphatic carbocycles. The van der Waals surface area contributed by atoms with E-state index in [0.29, 0.717) is 24.4 Å². The smallest absolute Gasteiger partial charge is 0.224 e. The van der Waals surface area contributed by atoms with Crippen LogP contribution < -0.4 is 5.32 Å². The van der Waals surface area contributed by atoms with Gasteiger partial charge in [-0.05, 0) is 42.7 Å². The Morgan fingerprint density at radius 3 is 2.81 bits per heavy atom. The normalized spacial score (nSPS) is 21.7. The maximum atomic E-state index is 12.1. The fourth-order valence-electron chi connectivity index (χ4n) is 3.05. The number of ether oxygens (including phenoxy) is 1. The van der Waals surface area contributed by atoms with Crippen LogP contribution >= 0.6 is 0 Å². The number of rotatable bonds is 6. The molecular formula is C18H27NO2. The first-order chi connectivity index (χ1) is 10.1. The van der Waals surface area contributed by atoms with E-state index in [2.05, 4.69) is 38.2 Å². The summed E-state index contributed by atoms with van der Waals surface area (Å²) >= 11 is 0. The van der Waals surface area contributed by atoms with Crippen LogP contribution in [0, 0.1) is 5.92 Å². The van der Waals surface area contributed by atoms with Crippen LogP contribution in [0.4, 0.5) is 0 Å². The van der Waals surface area contributed by atoms with E-state index in [4.69, 9.17) is 4.74 Å². The van der Waals surface area contributed by atoms with E-state index in [0.717, 1.165) is 31.6 Å². The molecule has 1 fully saturated rings. The second-order valence-electron chi connectivity index (χ2n) is 6.29. The number of hydrogen-bond donors (Lipinski definition) is 1. The maximum absolute atomic E-state index is 12.1. The molecule has 1 aromatic carbocycles. The molecule has 1 heterocycles. The van der Waals surface area contributed by atoms with Crippen molar-refractivity contribution in [2.45, 2.75) is 52.1 Å². The molecule has 116 valence electrons. The van der Waals surface area contributed by atoms with Crippen LogP contribution in [0.2, 0.25) is 0 Å². The third-order valence-corrected chi connectivity index (χ3v) is 4.40. The largest absolute Gasteiger partial charge is 0.378 e. The van der Waals surface area contributed by atoms with Crippen LogP contribution in [0.5, 0.6) is 0 Å². The third-order valence-electron chi connectivity index (χ3n) is 4.40. The number of benzene rings is 1. The molecule has 21 heavy (non-hydrogen) atoms. The molecule has 0 spiro atoms. The molecule has 1 aliphatic heterocycles. The van der Waals surface area contributed by atoms with Gasteiger partial charge in [0.25, 0.3) is 0 Å². The average Bonchev–Trinajstić information content (AvgIpc) is 2.85. The summed E-state index contributed by atoms with van der Waals surface area (Å²) in [4.78, 5) is 12.1. The number of carbonyl (C=O) groups is 1. The van der Waals surface area contributed by atoms with E-state index in [9.17, 15) is 4.79 Å². The van der Waals surface area contributed by atoms with Gasteiger partial charge in [0, 0.05) is 13.2 Å². The second kappa shape index (κ2) is 7.60. The molecule has 1 saturated heterocycles. The van der Waals surface area contributed by atoms with Crippen molar-refractivity contribution >= 4 is 5.91 Å². The fourth-order valence-corrected chi connectivity index (χ4v) is 3.05. The van der Waals surface area contributed by atoms with Crippen molar-refractivity contribution in [1.29, 1.82) is 0 Å². The van der Waals surface area contributed by atoms with Crippen molar-refractivity contribution in [2.24, 2.45) is 5.92 Å². The molecule has 0 bridgehead atoms. The first-order valence-corrected chi connectivity index (χ1v) is 8.04. The average molecular weight is 289 g/mol. The highest BCUT2D eigenvalue weighted by molar-refractivity contribution is 5.78. The molecule has 1 amide bonds. The molecule has 3 nitrogen and oxygen atoms in total. The van der Waals surface area contributed by atoms with E-state index in [1.807, 2.05) is 12.1 Å². The van der Waals surface area contributed by atoms with Crippen molar-refractivity contribution in [3.05, 3.63) is 35.4 Å². The monoisotopic (exact) mass is 289 g/mol. The summed E-state index contributed by atoms with van der Waals surface area (Å²) in [6.07, 6.45) is 2.94. The minimum atomic E-state index is 0.120. The van der Waals surface area contributed by atoms with Crippen molar-refractivity contribution < 1.29 is 9.53 Å². The van der Waals surface area contributed by atoms with Gasteiger partial charge in [0.05, 0.1) is 12.5 Å². The van der Waals surface area contributed by atoms with Gasteiger partial charge in [0.2, 0.25) is 5.91 Å². The predicted octanol–water partition coefficient (Wildman–Crippen LogP) is 3.28. The molecule has 3 heteroatoms. The Balaban J connectivity index is 1.79. The number of carbonyl (C=O) groups excluding carboxylic acids is 1. The molecular weight excluding hydrogens is 262 g/mol. The summed E-state index contributed by atoms with van der Waals surface area (Å²) < 4.78 is 5.55. The Kier molecular flexibility index (Phi) is 5.80. The zero-order valence-corrected chi connectivity index (χ0v) is 13.4. The number of nitrogens with one attached hydrogen (secondary N) is 1. The third kappa shape index (κ3) is 4.57. The Hall–Kier alpha value is -1.35. The van der Waals surface area contributed by atoms with Crippen molar-refractivity contribution in [3.8, 4) is 0 Å². The molecule has 0 unspecified atom stereocenters. The Morgan fingerprint density at radius 1 is 1.38 bits per heavy atom. The lowest BCUT2D eigenvalue weighted by Crippen LogP contribution is -2.28. The quantitative estimate of drug-likeness (QED) is 0.872. The summed E-state index contributed by atoms with van der Waals surface area (Å²) in [5.74, 6) is 1.16. The molecule has 2 rings (SSSR count). The standard InChI is InChI=1S/C18H27NO2/c1-13(2)17-7-5-4-6-16(17)12-18(20)19-10-8-15-9-11-21-14(15)3/h4-7,13-15H,8-12H2,1-3H3,(H,19,20)/t14-,15-/m1/s1. The highest BCUT2D eigenvalue weighted by Gasteiger charge is 2.23. The molecule has 1 aromatic rings. The number of amides is 1. The van der Waals surface area contributed by atoms with E-state index >= 15 is 0 Å². The molecule has 0 radical (unpaired) electrons. The summed E-state index contributed by atoms with van der Waals surface area (Å²) in [6.45, 7) is 8.07. The lowest BCUT2D eigenvalue weighted by molar-refractivity contribution is -0.120. The summed E-state index contributed by atoms with van der Waals surface area (Å²) in [5, 5.41) is 3.05. The van der Waals surface area contributed by atoms with Gasteiger partial charge in [0.15, 0.2) is 0 Å². The molecule has 0 saturated carbocycles. The molecule has 0 aromatic heterocycles. The van der Waals surface area contributed by atoms with Gasteiger partial charge in [-0.3, -0.25) is 4.79 Å². The summed E-state index contributed by atoms with van der Waals surface area (Å²) in [7, 11) is 0. The van der Waals surface area contributed by atoms with Crippen LogP contribution in [0.15, 0.2) is 24.3 Å². The van der Waals surface area contributed by atoms with Crippen molar-refractivity contribution in [1.82, 2.24) is 5.32 Å². The van der Waals surface area contributed by atoms with Crippen LogP contribution in [0.3, 0.4) is 0 Å². The van der Waals surface area contributed by atoms with Gasteiger partial charge in [0.1, 0.15) is 0 Å². The van der Waals surface area contributed by atoms with E-state index in [1.54, 1.807) is 0 Å². The highest BCUT2D eigenvalue weighted by Crippen LogP contribution is 2.23. The van der Waals surface area contributed by atoms with E-state index in [1.165, 1.54) is 5.56 Å². The number of hydrogen-bond acceptors (Lipinski definition) is 2. The lowest BCUT2D eigenvalue weighted by atomic mass is 9.95. The first-order valence-electron chi connectivity index (χ1n) is 8.04. The van der Waals surface area contributed by atoms with Gasteiger partial charge < -0.3 is 10.1 Å². The predicted molar refractivity (Wildman–Crippen MR) is 85.4 cm³/mol. The zero-order valence-electron chi connectivity index (χ0n) is 13.4. The van der Waals surface area contributed by atoms with Crippen LogP contribution in [-0.2, 0) is 16.0 Å². The second-order valence-corrected chi connectivity index (χ2v) is 6.29. The van der Waals surface area contributed by atoms with Gasteiger partial charge in [-0.2, -0.15) is 0 Å². The van der Waals surface area contributed by atoms with Gasteiger partial charge in [-0.15, -0.1) is 0 Å². The van der Waals surface area contributed by atoms with Crippen molar-refractivity contribution in [2.75, 3.05) is 13.2 Å². The first kappa shape index (κ1) is 16.0. The Labute approximate surface area is 128 Å². The van der Waals surface area contributed by atoms with Crippen LogP contribution in [0.1, 0.15) is 50.7 Å². The molecule has 1 N–H and O–H groups in total. The Bertz CT molecular complexity index is 470. The maximum Gasteiger partial charge on any atom is 0.224 e.